The second-order valence-corrected chi connectivity index (χ2v) is 9.30. The van der Waals surface area contributed by atoms with Gasteiger partial charge in [0, 0.05) is 23.5 Å². The van der Waals surface area contributed by atoms with Gasteiger partial charge in [-0.2, -0.15) is 4.31 Å². The third kappa shape index (κ3) is 6.05. The zero-order valence-electron chi connectivity index (χ0n) is 17.6. The fraction of sp³-hybridized carbons (Fsp3) is 0.364. The van der Waals surface area contributed by atoms with Gasteiger partial charge < -0.3 is 15.4 Å². The average molecular weight is 446 g/mol. The van der Waals surface area contributed by atoms with Gasteiger partial charge >= 0.3 is 0 Å². The molecule has 0 aliphatic carbocycles. The molecule has 1 heterocycles. The quantitative estimate of drug-likeness (QED) is 0.681. The van der Waals surface area contributed by atoms with E-state index in [1.54, 1.807) is 48.5 Å². The van der Waals surface area contributed by atoms with Gasteiger partial charge in [0.2, 0.25) is 15.9 Å². The van der Waals surface area contributed by atoms with Gasteiger partial charge in [-0.15, -0.1) is 0 Å². The van der Waals surface area contributed by atoms with Crippen molar-refractivity contribution in [3.05, 3.63) is 54.1 Å². The second-order valence-electron chi connectivity index (χ2n) is 7.36. The Bertz CT molecular complexity index is 1020. The first-order valence-electron chi connectivity index (χ1n) is 10.2. The van der Waals surface area contributed by atoms with Crippen LogP contribution in [0.3, 0.4) is 0 Å². The lowest BCUT2D eigenvalue weighted by Gasteiger charge is -2.32. The van der Waals surface area contributed by atoms with Gasteiger partial charge in [-0.05, 0) is 68.3 Å². The maximum atomic E-state index is 12.7. The number of hydrogen-bond donors (Lipinski definition) is 2. The Morgan fingerprint density at radius 2 is 1.61 bits per heavy atom. The van der Waals surface area contributed by atoms with Gasteiger partial charge in [-0.1, -0.05) is 6.42 Å². The van der Waals surface area contributed by atoms with Crippen LogP contribution in [0.2, 0.25) is 0 Å². The molecule has 166 valence electrons. The molecule has 2 N–H and O–H groups in total. The zero-order valence-corrected chi connectivity index (χ0v) is 18.4. The number of nitrogens with zero attached hydrogens (tertiary/aromatic N) is 1. The lowest BCUT2D eigenvalue weighted by Crippen LogP contribution is -2.49. The van der Waals surface area contributed by atoms with Crippen LogP contribution in [-0.4, -0.2) is 50.0 Å². The van der Waals surface area contributed by atoms with E-state index in [9.17, 15) is 18.0 Å². The first-order chi connectivity index (χ1) is 14.8. The fourth-order valence-corrected chi connectivity index (χ4v) is 4.62. The summed E-state index contributed by atoms with van der Waals surface area (Å²) in [4.78, 5) is 25.1. The third-order valence-electron chi connectivity index (χ3n) is 5.02. The van der Waals surface area contributed by atoms with Gasteiger partial charge in [0.15, 0.2) is 0 Å². The smallest absolute Gasteiger partial charge is 0.255 e. The molecule has 31 heavy (non-hydrogen) atoms. The highest BCUT2D eigenvalue weighted by Crippen LogP contribution is 2.22. The molecule has 8 nitrogen and oxygen atoms in total. The predicted octanol–water partition coefficient (Wildman–Crippen LogP) is 3.09. The van der Waals surface area contributed by atoms with Crippen molar-refractivity contribution in [2.75, 3.05) is 30.0 Å². The molecule has 2 aromatic carbocycles. The molecule has 0 spiro atoms. The number of amides is 2. The largest absolute Gasteiger partial charge is 0.494 e. The summed E-state index contributed by atoms with van der Waals surface area (Å²) in [5.41, 5.74) is 1.58. The van der Waals surface area contributed by atoms with Crippen LogP contribution < -0.4 is 15.4 Å². The minimum atomic E-state index is -3.45. The van der Waals surface area contributed by atoms with E-state index in [1.807, 2.05) is 6.92 Å². The molecule has 1 aliphatic heterocycles. The summed E-state index contributed by atoms with van der Waals surface area (Å²) in [5.74, 6) is 0.0854. The van der Waals surface area contributed by atoms with E-state index >= 15 is 0 Å². The van der Waals surface area contributed by atoms with Crippen LogP contribution in [0.5, 0.6) is 5.75 Å². The van der Waals surface area contributed by atoms with Crippen molar-refractivity contribution in [1.82, 2.24) is 4.31 Å². The first-order valence-corrected chi connectivity index (χ1v) is 12.0. The maximum Gasteiger partial charge on any atom is 0.255 e. The second kappa shape index (κ2) is 9.93. The van der Waals surface area contributed by atoms with Crippen LogP contribution in [0, 0.1) is 0 Å². The number of hydrogen-bond acceptors (Lipinski definition) is 5. The average Bonchev–Trinajstić information content (AvgIpc) is 2.75. The molecule has 0 unspecified atom stereocenters. The summed E-state index contributed by atoms with van der Waals surface area (Å²) >= 11 is 0. The van der Waals surface area contributed by atoms with E-state index < -0.39 is 16.1 Å². The molecule has 0 saturated carbocycles. The molecule has 0 radical (unpaired) electrons. The predicted molar refractivity (Wildman–Crippen MR) is 120 cm³/mol. The molecule has 3 rings (SSSR count). The molecule has 2 aromatic rings. The van der Waals surface area contributed by atoms with Crippen LogP contribution in [0.1, 0.15) is 36.5 Å². The number of carbonyl (C=O) groups is 2. The molecule has 1 saturated heterocycles. The van der Waals surface area contributed by atoms with Crippen molar-refractivity contribution in [3.63, 3.8) is 0 Å². The summed E-state index contributed by atoms with van der Waals surface area (Å²) in [6.07, 6.45) is 3.15. The Balaban J connectivity index is 1.61. The highest BCUT2D eigenvalue weighted by atomic mass is 32.2. The van der Waals surface area contributed by atoms with E-state index in [2.05, 4.69) is 10.6 Å². The Hall–Kier alpha value is -2.91. The molecule has 1 aliphatic rings. The molecular weight excluding hydrogens is 418 g/mol. The maximum absolute atomic E-state index is 12.7. The van der Waals surface area contributed by atoms with Crippen molar-refractivity contribution in [2.45, 2.75) is 32.2 Å². The number of rotatable bonds is 7. The van der Waals surface area contributed by atoms with Gasteiger partial charge in [-0.3, -0.25) is 9.59 Å². The van der Waals surface area contributed by atoms with Crippen molar-refractivity contribution in [2.24, 2.45) is 0 Å². The topological polar surface area (TPSA) is 105 Å². The standard InChI is InChI=1S/C22H27N3O5S/c1-3-30-19-13-11-18(12-14-19)23-21(26)16-7-9-17(10-8-16)24-22(27)20-6-4-5-15-25(20)31(2,28)29/h7-14,20H,3-6,15H2,1-2H3,(H,23,26)(H,24,27)/t20-/m0/s1. The van der Waals surface area contributed by atoms with Crippen molar-refractivity contribution >= 4 is 33.2 Å². The molecule has 0 bridgehead atoms. The number of anilines is 2. The number of sulfonamides is 1. The molecule has 1 fully saturated rings. The Labute approximate surface area is 182 Å². The van der Waals surface area contributed by atoms with Crippen LogP contribution in [0.4, 0.5) is 11.4 Å². The van der Waals surface area contributed by atoms with Gasteiger partial charge in [-0.25, -0.2) is 8.42 Å². The monoisotopic (exact) mass is 445 g/mol. The normalized spacial score (nSPS) is 17.0. The van der Waals surface area contributed by atoms with Crippen LogP contribution in [-0.2, 0) is 14.8 Å². The van der Waals surface area contributed by atoms with Crippen LogP contribution in [0.25, 0.3) is 0 Å². The first kappa shape index (κ1) is 22.8. The summed E-state index contributed by atoms with van der Waals surface area (Å²) in [5, 5.41) is 5.56. The Morgan fingerprint density at radius 3 is 2.23 bits per heavy atom. The molecule has 2 amide bonds. The van der Waals surface area contributed by atoms with Gasteiger partial charge in [0.25, 0.3) is 5.91 Å². The zero-order chi connectivity index (χ0) is 22.4. The van der Waals surface area contributed by atoms with Gasteiger partial charge in [0.05, 0.1) is 12.9 Å². The fourth-order valence-electron chi connectivity index (χ4n) is 3.50. The molecular formula is C22H27N3O5S. The van der Waals surface area contributed by atoms with E-state index in [0.29, 0.717) is 36.5 Å². The van der Waals surface area contributed by atoms with E-state index in [1.165, 1.54) is 4.31 Å². The van der Waals surface area contributed by atoms with Crippen molar-refractivity contribution in [3.8, 4) is 5.75 Å². The van der Waals surface area contributed by atoms with E-state index in [0.717, 1.165) is 24.8 Å². The highest BCUT2D eigenvalue weighted by Gasteiger charge is 2.34. The third-order valence-corrected chi connectivity index (χ3v) is 6.31. The number of nitrogens with one attached hydrogen (secondary N) is 2. The lowest BCUT2D eigenvalue weighted by molar-refractivity contribution is -0.120. The van der Waals surface area contributed by atoms with Crippen molar-refractivity contribution < 1.29 is 22.7 Å². The minimum Gasteiger partial charge on any atom is -0.494 e. The lowest BCUT2D eigenvalue weighted by atomic mass is 10.0. The summed E-state index contributed by atoms with van der Waals surface area (Å²) in [7, 11) is -3.45. The number of ether oxygens (including phenoxy) is 1. The number of benzene rings is 2. The van der Waals surface area contributed by atoms with Gasteiger partial charge in [0.1, 0.15) is 11.8 Å². The van der Waals surface area contributed by atoms with E-state index in [-0.39, 0.29) is 11.8 Å². The summed E-state index contributed by atoms with van der Waals surface area (Å²) in [6, 6.07) is 12.8. The molecule has 9 heteroatoms. The van der Waals surface area contributed by atoms with Crippen LogP contribution >= 0.6 is 0 Å². The summed E-state index contributed by atoms with van der Waals surface area (Å²) < 4.78 is 30.6. The van der Waals surface area contributed by atoms with Crippen molar-refractivity contribution in [1.29, 1.82) is 0 Å². The molecule has 1 atom stereocenters. The van der Waals surface area contributed by atoms with E-state index in [4.69, 9.17) is 4.74 Å². The highest BCUT2D eigenvalue weighted by molar-refractivity contribution is 7.88. The summed E-state index contributed by atoms with van der Waals surface area (Å²) in [6.45, 7) is 2.82. The van der Waals surface area contributed by atoms with Crippen LogP contribution in [0.15, 0.2) is 48.5 Å². The Morgan fingerprint density at radius 1 is 1.00 bits per heavy atom. The minimum absolute atomic E-state index is 0.280. The SMILES string of the molecule is CCOc1ccc(NC(=O)c2ccc(NC(=O)[C@@H]3CCCCN3S(C)(=O)=O)cc2)cc1. The number of piperidine rings is 1. The molecule has 0 aromatic heterocycles. The number of carbonyl (C=O) groups excluding carboxylic acids is 2. The Kier molecular flexibility index (Phi) is 7.29.